The number of nitrogens with one attached hydrogen (secondary N) is 1. The summed E-state index contributed by atoms with van der Waals surface area (Å²) in [4.78, 5) is 27.0. The number of aryl methyl sites for hydroxylation is 1. The van der Waals surface area contributed by atoms with Gasteiger partial charge in [-0.3, -0.25) is 9.59 Å². The fourth-order valence-corrected chi connectivity index (χ4v) is 1.79. The Morgan fingerprint density at radius 2 is 2.16 bits per heavy atom. The van der Waals surface area contributed by atoms with Crippen LogP contribution in [-0.2, 0) is 9.53 Å². The van der Waals surface area contributed by atoms with E-state index in [4.69, 9.17) is 9.84 Å². The number of amides is 1. The van der Waals surface area contributed by atoms with Crippen LogP contribution >= 0.6 is 0 Å². The van der Waals surface area contributed by atoms with Crippen molar-refractivity contribution in [2.24, 2.45) is 0 Å². The van der Waals surface area contributed by atoms with E-state index in [2.05, 4.69) is 10.3 Å². The minimum Gasteiger partial charge on any atom is -0.481 e. The molecule has 0 aromatic carbocycles. The average Bonchev–Trinajstić information content (AvgIpc) is 2.27. The van der Waals surface area contributed by atoms with Gasteiger partial charge >= 0.3 is 5.97 Å². The summed E-state index contributed by atoms with van der Waals surface area (Å²) >= 11 is 0. The van der Waals surface area contributed by atoms with Gasteiger partial charge in [-0.25, -0.2) is 4.98 Å². The van der Waals surface area contributed by atoms with Gasteiger partial charge in [0.25, 0.3) is 5.91 Å². The first-order chi connectivity index (χ1) is 8.86. The molecule has 1 aromatic rings. The van der Waals surface area contributed by atoms with E-state index in [1.807, 2.05) is 0 Å². The molecular weight excluding hydrogens is 248 g/mol. The summed E-state index contributed by atoms with van der Waals surface area (Å²) in [5, 5.41) is 11.5. The number of pyridine rings is 1. The molecule has 0 saturated carbocycles. The molecule has 0 saturated heterocycles. The highest BCUT2D eigenvalue weighted by Crippen LogP contribution is 2.11. The van der Waals surface area contributed by atoms with Crippen molar-refractivity contribution in [3.8, 4) is 0 Å². The van der Waals surface area contributed by atoms with E-state index in [1.165, 1.54) is 7.11 Å². The summed E-state index contributed by atoms with van der Waals surface area (Å²) in [7, 11) is 1.46. The Labute approximate surface area is 111 Å². The highest BCUT2D eigenvalue weighted by molar-refractivity contribution is 5.93. The largest absolute Gasteiger partial charge is 0.481 e. The Balaban J connectivity index is 2.84. The van der Waals surface area contributed by atoms with E-state index >= 15 is 0 Å². The third-order valence-corrected chi connectivity index (χ3v) is 2.54. The molecule has 6 heteroatoms. The van der Waals surface area contributed by atoms with Gasteiger partial charge in [-0.1, -0.05) is 6.07 Å². The van der Waals surface area contributed by atoms with E-state index in [9.17, 15) is 9.59 Å². The second-order valence-corrected chi connectivity index (χ2v) is 4.68. The summed E-state index contributed by atoms with van der Waals surface area (Å²) < 4.78 is 4.97. The molecule has 19 heavy (non-hydrogen) atoms. The van der Waals surface area contributed by atoms with Crippen molar-refractivity contribution < 1.29 is 19.4 Å². The highest BCUT2D eigenvalue weighted by Gasteiger charge is 2.30. The number of hydrogen-bond acceptors (Lipinski definition) is 4. The van der Waals surface area contributed by atoms with Crippen LogP contribution in [0.15, 0.2) is 18.2 Å². The van der Waals surface area contributed by atoms with Crippen LogP contribution in [0.1, 0.15) is 29.5 Å². The second kappa shape index (κ2) is 6.29. The molecule has 0 radical (unpaired) electrons. The molecule has 0 bridgehead atoms. The fraction of sp³-hybridized carbons (Fsp3) is 0.462. The molecule has 0 aliphatic heterocycles. The number of aliphatic carboxylic acids is 1. The maximum absolute atomic E-state index is 12.0. The lowest BCUT2D eigenvalue weighted by atomic mass is 9.98. The zero-order chi connectivity index (χ0) is 14.5. The van der Waals surface area contributed by atoms with E-state index in [1.54, 1.807) is 32.0 Å². The van der Waals surface area contributed by atoms with Crippen LogP contribution in [-0.4, -0.2) is 41.2 Å². The molecule has 0 aliphatic rings. The molecule has 1 unspecified atom stereocenters. The first kappa shape index (κ1) is 15.1. The van der Waals surface area contributed by atoms with Crippen molar-refractivity contribution in [2.75, 3.05) is 13.7 Å². The van der Waals surface area contributed by atoms with Crippen molar-refractivity contribution in [3.63, 3.8) is 0 Å². The lowest BCUT2D eigenvalue weighted by molar-refractivity contribution is -0.139. The van der Waals surface area contributed by atoms with Gasteiger partial charge in [0.2, 0.25) is 0 Å². The normalized spacial score (nSPS) is 13.6. The lowest BCUT2D eigenvalue weighted by Gasteiger charge is -2.28. The maximum Gasteiger partial charge on any atom is 0.305 e. The minimum atomic E-state index is -1.00. The first-order valence-corrected chi connectivity index (χ1v) is 5.83. The van der Waals surface area contributed by atoms with Crippen LogP contribution in [0.3, 0.4) is 0 Å². The van der Waals surface area contributed by atoms with E-state index in [0.29, 0.717) is 0 Å². The predicted octanol–water partition coefficient (Wildman–Crippen LogP) is 1.000. The van der Waals surface area contributed by atoms with E-state index in [0.717, 1.165) is 5.69 Å². The molecule has 104 valence electrons. The Morgan fingerprint density at radius 1 is 1.47 bits per heavy atom. The Bertz CT molecular complexity index is 475. The van der Waals surface area contributed by atoms with Crippen molar-refractivity contribution >= 4 is 11.9 Å². The zero-order valence-corrected chi connectivity index (χ0v) is 11.3. The van der Waals surface area contributed by atoms with E-state index in [-0.39, 0.29) is 18.7 Å². The molecule has 1 heterocycles. The van der Waals surface area contributed by atoms with Crippen molar-refractivity contribution in [1.82, 2.24) is 10.3 Å². The summed E-state index contributed by atoms with van der Waals surface area (Å²) in [6.07, 6.45) is -0.224. The van der Waals surface area contributed by atoms with Gasteiger partial charge in [0.1, 0.15) is 5.69 Å². The number of hydrogen-bond donors (Lipinski definition) is 2. The maximum atomic E-state index is 12.0. The van der Waals surface area contributed by atoms with Crippen molar-refractivity contribution in [3.05, 3.63) is 29.6 Å². The minimum absolute atomic E-state index is 0.108. The number of carbonyl (C=O) groups excluding carboxylic acids is 1. The standard InChI is InChI=1S/C13H18N2O4/c1-9-5-4-6-10(14-9)12(18)15-13(2,8-19-3)7-11(16)17/h4-6H,7-8H2,1-3H3,(H,15,18)(H,16,17). The van der Waals surface area contributed by atoms with Crippen LogP contribution in [0.25, 0.3) is 0 Å². The number of carboxylic acid groups (broad SMARTS) is 1. The Kier molecular flexibility index (Phi) is 5.00. The molecule has 1 atom stereocenters. The monoisotopic (exact) mass is 266 g/mol. The van der Waals surface area contributed by atoms with Gasteiger partial charge < -0.3 is 15.2 Å². The van der Waals surface area contributed by atoms with E-state index < -0.39 is 17.4 Å². The topological polar surface area (TPSA) is 88.5 Å². The smallest absolute Gasteiger partial charge is 0.305 e. The van der Waals surface area contributed by atoms with Crippen LogP contribution in [0.4, 0.5) is 0 Å². The number of ether oxygens (including phenoxy) is 1. The lowest BCUT2D eigenvalue weighted by Crippen LogP contribution is -2.51. The van der Waals surface area contributed by atoms with Crippen LogP contribution in [0.5, 0.6) is 0 Å². The molecule has 2 N–H and O–H groups in total. The Hall–Kier alpha value is -1.95. The third-order valence-electron chi connectivity index (χ3n) is 2.54. The molecule has 0 spiro atoms. The molecule has 6 nitrogen and oxygen atoms in total. The van der Waals surface area contributed by atoms with Gasteiger partial charge in [0, 0.05) is 12.8 Å². The average molecular weight is 266 g/mol. The number of nitrogens with zero attached hydrogens (tertiary/aromatic N) is 1. The second-order valence-electron chi connectivity index (χ2n) is 4.68. The Morgan fingerprint density at radius 3 is 2.68 bits per heavy atom. The SMILES string of the molecule is COCC(C)(CC(=O)O)NC(=O)c1cccc(C)n1. The summed E-state index contributed by atoms with van der Waals surface area (Å²) in [5.41, 5.74) is 0.00959. The van der Waals surface area contributed by atoms with Crippen LogP contribution in [0, 0.1) is 6.92 Å². The van der Waals surface area contributed by atoms with Crippen LogP contribution < -0.4 is 5.32 Å². The summed E-state index contributed by atoms with van der Waals surface area (Å²) in [5.74, 6) is -1.42. The van der Waals surface area contributed by atoms with Gasteiger partial charge in [-0.05, 0) is 26.0 Å². The summed E-state index contributed by atoms with van der Waals surface area (Å²) in [6, 6.07) is 5.08. The van der Waals surface area contributed by atoms with Crippen LogP contribution in [0.2, 0.25) is 0 Å². The third kappa shape index (κ3) is 4.67. The van der Waals surface area contributed by atoms with Crippen molar-refractivity contribution in [1.29, 1.82) is 0 Å². The molecule has 0 fully saturated rings. The molecule has 1 aromatic heterocycles. The van der Waals surface area contributed by atoms with Gasteiger partial charge in [0.05, 0.1) is 18.6 Å². The molecule has 1 amide bonds. The molecule has 0 aliphatic carbocycles. The number of aromatic nitrogens is 1. The van der Waals surface area contributed by atoms with Gasteiger partial charge in [0.15, 0.2) is 0 Å². The van der Waals surface area contributed by atoms with Gasteiger partial charge in [-0.15, -0.1) is 0 Å². The zero-order valence-electron chi connectivity index (χ0n) is 11.3. The predicted molar refractivity (Wildman–Crippen MR) is 69.0 cm³/mol. The quantitative estimate of drug-likeness (QED) is 0.802. The van der Waals surface area contributed by atoms with Gasteiger partial charge in [-0.2, -0.15) is 0 Å². The van der Waals surface area contributed by atoms with Crippen molar-refractivity contribution in [2.45, 2.75) is 25.8 Å². The number of methoxy groups -OCH3 is 1. The number of carbonyl (C=O) groups is 2. The molecule has 1 rings (SSSR count). The number of rotatable bonds is 6. The fourth-order valence-electron chi connectivity index (χ4n) is 1.79. The molecular formula is C13H18N2O4. The number of carboxylic acids is 1. The summed E-state index contributed by atoms with van der Waals surface area (Å²) in [6.45, 7) is 3.51. The first-order valence-electron chi connectivity index (χ1n) is 5.83. The highest BCUT2D eigenvalue weighted by atomic mass is 16.5.